The number of nitrogens with one attached hydrogen (secondary N) is 1. The molecule has 1 aliphatic heterocycles. The normalized spacial score (nSPS) is 15.1. The molecule has 1 N–H and O–H groups in total. The van der Waals surface area contributed by atoms with Crippen molar-refractivity contribution in [2.45, 2.75) is 25.8 Å². The van der Waals surface area contributed by atoms with E-state index in [2.05, 4.69) is 26.4 Å². The molecule has 3 aromatic rings. The second kappa shape index (κ2) is 9.09. The quantitative estimate of drug-likeness (QED) is 0.646. The maximum absolute atomic E-state index is 12.8. The molecule has 2 aromatic carbocycles. The zero-order valence-electron chi connectivity index (χ0n) is 17.3. The summed E-state index contributed by atoms with van der Waals surface area (Å²) >= 11 is 0. The molecule has 1 aliphatic rings. The fourth-order valence-corrected chi connectivity index (χ4v) is 3.90. The Bertz CT molecular complexity index is 994. The topological polar surface area (TPSA) is 80.5 Å². The van der Waals surface area contributed by atoms with E-state index in [0.717, 1.165) is 30.0 Å². The maximum atomic E-state index is 12.8. The van der Waals surface area contributed by atoms with Gasteiger partial charge >= 0.3 is 0 Å². The Hall–Kier alpha value is -3.19. The molecule has 0 unspecified atom stereocenters. The van der Waals surface area contributed by atoms with Gasteiger partial charge in [-0.3, -0.25) is 9.69 Å². The van der Waals surface area contributed by atoms with Crippen molar-refractivity contribution in [2.24, 2.45) is 0 Å². The number of para-hydroxylation sites is 1. The molecule has 0 aliphatic carbocycles. The van der Waals surface area contributed by atoms with Crippen molar-refractivity contribution in [1.82, 2.24) is 20.4 Å². The lowest BCUT2D eigenvalue weighted by molar-refractivity contribution is 0.0937. The summed E-state index contributed by atoms with van der Waals surface area (Å²) in [4.78, 5) is 19.4. The lowest BCUT2D eigenvalue weighted by Gasteiger charge is -2.29. The molecule has 156 valence electrons. The van der Waals surface area contributed by atoms with Crippen LogP contribution in [0.15, 0.2) is 53.1 Å². The summed E-state index contributed by atoms with van der Waals surface area (Å²) in [6.07, 6.45) is 2.35. The first-order valence-electron chi connectivity index (χ1n) is 10.2. The van der Waals surface area contributed by atoms with Crippen molar-refractivity contribution < 1.29 is 14.1 Å². The molecule has 4 rings (SSSR count). The lowest BCUT2D eigenvalue weighted by Crippen LogP contribution is -2.37. The summed E-state index contributed by atoms with van der Waals surface area (Å²) in [6.45, 7) is 4.34. The van der Waals surface area contributed by atoms with Gasteiger partial charge in [-0.1, -0.05) is 23.4 Å². The van der Waals surface area contributed by atoms with Crippen molar-refractivity contribution in [3.05, 3.63) is 65.5 Å². The molecule has 30 heavy (non-hydrogen) atoms. The van der Waals surface area contributed by atoms with Crippen molar-refractivity contribution >= 4 is 5.91 Å². The molecule has 1 aromatic heterocycles. The first-order chi connectivity index (χ1) is 14.7. The van der Waals surface area contributed by atoms with Gasteiger partial charge in [0.05, 0.1) is 13.2 Å². The van der Waals surface area contributed by atoms with Gasteiger partial charge in [-0.15, -0.1) is 0 Å². The number of rotatable bonds is 7. The Kier molecular flexibility index (Phi) is 6.09. The molecule has 1 atom stereocenters. The third-order valence-electron chi connectivity index (χ3n) is 5.46. The molecule has 1 fully saturated rings. The number of benzene rings is 2. The first kappa shape index (κ1) is 20.1. The molecular weight excluding hydrogens is 380 g/mol. The summed E-state index contributed by atoms with van der Waals surface area (Å²) in [5, 5.41) is 6.90. The zero-order chi connectivity index (χ0) is 20.9. The predicted molar refractivity (Wildman–Crippen MR) is 113 cm³/mol. The lowest BCUT2D eigenvalue weighted by atomic mass is 10.0. The van der Waals surface area contributed by atoms with E-state index in [1.54, 1.807) is 26.2 Å². The van der Waals surface area contributed by atoms with E-state index in [1.165, 1.54) is 12.8 Å². The number of hydrogen-bond acceptors (Lipinski definition) is 6. The largest absolute Gasteiger partial charge is 0.496 e. The van der Waals surface area contributed by atoms with Gasteiger partial charge < -0.3 is 14.6 Å². The summed E-state index contributed by atoms with van der Waals surface area (Å²) in [6, 6.07) is 15.3. The highest BCUT2D eigenvalue weighted by molar-refractivity contribution is 5.94. The van der Waals surface area contributed by atoms with Crippen LogP contribution >= 0.6 is 0 Å². The maximum Gasteiger partial charge on any atom is 0.257 e. The average molecular weight is 406 g/mol. The molecule has 2 heterocycles. The number of carbonyl (C=O) groups excluding carboxylic acids is 1. The number of aromatic nitrogens is 2. The number of methoxy groups -OCH3 is 1. The minimum Gasteiger partial charge on any atom is -0.496 e. The van der Waals surface area contributed by atoms with Crippen molar-refractivity contribution in [1.29, 1.82) is 0 Å². The summed E-state index contributed by atoms with van der Waals surface area (Å²) in [5.41, 5.74) is 2.48. The van der Waals surface area contributed by atoms with E-state index in [-0.39, 0.29) is 11.9 Å². The minimum absolute atomic E-state index is 0.0771. The minimum atomic E-state index is -0.109. The highest BCUT2D eigenvalue weighted by atomic mass is 16.5. The molecule has 0 saturated carbocycles. The smallest absolute Gasteiger partial charge is 0.257 e. The number of nitrogens with zero attached hydrogens (tertiary/aromatic N) is 3. The van der Waals surface area contributed by atoms with Gasteiger partial charge in [0.15, 0.2) is 5.82 Å². The number of carbonyl (C=O) groups is 1. The van der Waals surface area contributed by atoms with Gasteiger partial charge in [0.25, 0.3) is 11.8 Å². The third-order valence-corrected chi connectivity index (χ3v) is 5.46. The van der Waals surface area contributed by atoms with Crippen LogP contribution < -0.4 is 10.1 Å². The van der Waals surface area contributed by atoms with Gasteiger partial charge in [0.2, 0.25) is 0 Å². The van der Waals surface area contributed by atoms with E-state index in [0.29, 0.717) is 23.8 Å². The second-order valence-electron chi connectivity index (χ2n) is 7.43. The van der Waals surface area contributed by atoms with Gasteiger partial charge in [-0.2, -0.15) is 4.98 Å². The monoisotopic (exact) mass is 406 g/mol. The summed E-state index contributed by atoms with van der Waals surface area (Å²) in [5.74, 6) is 1.77. The van der Waals surface area contributed by atoms with Crippen LogP contribution in [0, 0.1) is 6.92 Å². The molecule has 0 radical (unpaired) electrons. The van der Waals surface area contributed by atoms with E-state index >= 15 is 0 Å². The van der Waals surface area contributed by atoms with E-state index in [4.69, 9.17) is 9.26 Å². The van der Waals surface area contributed by atoms with Gasteiger partial charge in [-0.05, 0) is 63.2 Å². The number of ether oxygens (including phenoxy) is 1. The van der Waals surface area contributed by atoms with E-state index < -0.39 is 0 Å². The van der Waals surface area contributed by atoms with E-state index in [1.807, 2.05) is 30.3 Å². The van der Waals surface area contributed by atoms with Crippen LogP contribution in [-0.4, -0.2) is 47.7 Å². The fourth-order valence-electron chi connectivity index (χ4n) is 3.90. The van der Waals surface area contributed by atoms with Crippen LogP contribution in [0.3, 0.4) is 0 Å². The van der Waals surface area contributed by atoms with Gasteiger partial charge in [0, 0.05) is 23.2 Å². The molecular formula is C23H26N4O3. The highest BCUT2D eigenvalue weighted by Crippen LogP contribution is 2.31. The Morgan fingerprint density at radius 2 is 1.90 bits per heavy atom. The number of likely N-dealkylation sites (tertiary alicyclic amines) is 1. The van der Waals surface area contributed by atoms with Crippen LogP contribution in [0.2, 0.25) is 0 Å². The molecule has 0 spiro atoms. The third kappa shape index (κ3) is 4.36. The Balaban J connectivity index is 1.47. The Morgan fingerprint density at radius 3 is 2.57 bits per heavy atom. The van der Waals surface area contributed by atoms with Crippen LogP contribution in [0.4, 0.5) is 0 Å². The summed E-state index contributed by atoms with van der Waals surface area (Å²) in [7, 11) is 1.69. The van der Waals surface area contributed by atoms with Crippen molar-refractivity contribution in [3.8, 4) is 17.2 Å². The molecule has 1 amide bonds. The zero-order valence-corrected chi connectivity index (χ0v) is 17.3. The van der Waals surface area contributed by atoms with Crippen molar-refractivity contribution in [2.75, 3.05) is 26.7 Å². The molecule has 0 bridgehead atoms. The highest BCUT2D eigenvalue weighted by Gasteiger charge is 2.26. The van der Waals surface area contributed by atoms with Gasteiger partial charge in [0.1, 0.15) is 5.75 Å². The van der Waals surface area contributed by atoms with Crippen LogP contribution in [-0.2, 0) is 0 Å². The van der Waals surface area contributed by atoms with Crippen LogP contribution in [0.1, 0.15) is 40.6 Å². The first-order valence-corrected chi connectivity index (χ1v) is 10.2. The molecule has 1 saturated heterocycles. The van der Waals surface area contributed by atoms with Crippen LogP contribution in [0.25, 0.3) is 11.5 Å². The molecule has 7 heteroatoms. The standard InChI is InChI=1S/C23H26N4O3/c1-16-25-23(30-26-16)18-11-9-17(10-12-18)22(28)24-15-20(27-13-5-6-14-27)19-7-3-4-8-21(19)29-2/h3-4,7-12,20H,5-6,13-15H2,1-2H3,(H,24,28)/t20-/m0/s1. The van der Waals surface area contributed by atoms with E-state index in [9.17, 15) is 4.79 Å². The Morgan fingerprint density at radius 1 is 1.17 bits per heavy atom. The SMILES string of the molecule is COc1ccccc1[C@H](CNC(=O)c1ccc(-c2nc(C)no2)cc1)N1CCCC1. The second-order valence-corrected chi connectivity index (χ2v) is 7.43. The predicted octanol–water partition coefficient (Wildman–Crippen LogP) is 3.62. The van der Waals surface area contributed by atoms with Crippen molar-refractivity contribution in [3.63, 3.8) is 0 Å². The molecule has 7 nitrogen and oxygen atoms in total. The Labute approximate surface area is 176 Å². The fraction of sp³-hybridized carbons (Fsp3) is 0.348. The average Bonchev–Trinajstić information content (AvgIpc) is 3.46. The number of hydrogen-bond donors (Lipinski definition) is 1. The number of amides is 1. The van der Waals surface area contributed by atoms with Gasteiger partial charge in [-0.25, -0.2) is 0 Å². The number of aryl methyl sites for hydroxylation is 1. The van der Waals surface area contributed by atoms with Crippen LogP contribution in [0.5, 0.6) is 5.75 Å². The summed E-state index contributed by atoms with van der Waals surface area (Å²) < 4.78 is 10.8.